The molecule has 0 bridgehead atoms. The van der Waals surface area contributed by atoms with Gasteiger partial charge in [-0.15, -0.1) is 0 Å². The van der Waals surface area contributed by atoms with Gasteiger partial charge in [-0.1, -0.05) is 55.5 Å². The van der Waals surface area contributed by atoms with Gasteiger partial charge < -0.3 is 4.74 Å². The van der Waals surface area contributed by atoms with E-state index in [9.17, 15) is 9.59 Å². The van der Waals surface area contributed by atoms with Crippen molar-refractivity contribution in [2.24, 2.45) is 5.92 Å². The standard InChI is InChI=1S/C20H20O3/c1-12-8-4-5-9-14(12)17-13(2)15-10-6-7-11-16(15)19(21)18(17)20(22)23-3/h4-11,13,17-18H,1-3H3/t13-,17+,18+/m0/s1. The Bertz CT molecular complexity index is 763. The molecular weight excluding hydrogens is 288 g/mol. The van der Waals surface area contributed by atoms with Crippen molar-refractivity contribution < 1.29 is 14.3 Å². The summed E-state index contributed by atoms with van der Waals surface area (Å²) in [5.74, 6) is -1.52. The molecule has 118 valence electrons. The Morgan fingerprint density at radius 1 is 1.00 bits per heavy atom. The highest BCUT2D eigenvalue weighted by atomic mass is 16.5. The number of carbonyl (C=O) groups excluding carboxylic acids is 2. The van der Waals surface area contributed by atoms with E-state index in [0.717, 1.165) is 16.7 Å². The maximum absolute atomic E-state index is 13.0. The molecule has 0 N–H and O–H groups in total. The summed E-state index contributed by atoms with van der Waals surface area (Å²) in [6.45, 7) is 4.10. The van der Waals surface area contributed by atoms with E-state index in [4.69, 9.17) is 4.74 Å². The largest absolute Gasteiger partial charge is 0.468 e. The molecule has 0 unspecified atom stereocenters. The second-order valence-electron chi connectivity index (χ2n) is 6.12. The van der Waals surface area contributed by atoms with Crippen LogP contribution in [-0.2, 0) is 9.53 Å². The molecule has 3 rings (SSSR count). The van der Waals surface area contributed by atoms with Crippen LogP contribution in [-0.4, -0.2) is 18.9 Å². The van der Waals surface area contributed by atoms with Gasteiger partial charge in [0, 0.05) is 11.5 Å². The number of carbonyl (C=O) groups is 2. The van der Waals surface area contributed by atoms with E-state index in [2.05, 4.69) is 6.92 Å². The molecule has 0 amide bonds. The number of rotatable bonds is 2. The molecule has 0 aliphatic heterocycles. The van der Waals surface area contributed by atoms with Gasteiger partial charge in [0.1, 0.15) is 5.92 Å². The van der Waals surface area contributed by atoms with E-state index < -0.39 is 11.9 Å². The minimum atomic E-state index is -0.786. The predicted octanol–water partition coefficient (Wildman–Crippen LogP) is 3.87. The molecule has 3 nitrogen and oxygen atoms in total. The Balaban J connectivity index is 2.21. The molecule has 0 saturated heterocycles. The Labute approximate surface area is 136 Å². The first-order valence-electron chi connectivity index (χ1n) is 7.82. The number of benzene rings is 2. The van der Waals surface area contributed by atoms with Gasteiger partial charge in [0.2, 0.25) is 0 Å². The van der Waals surface area contributed by atoms with Crippen molar-refractivity contribution in [1.82, 2.24) is 0 Å². The highest BCUT2D eigenvalue weighted by Gasteiger charge is 2.45. The van der Waals surface area contributed by atoms with E-state index >= 15 is 0 Å². The average molecular weight is 308 g/mol. The summed E-state index contributed by atoms with van der Waals surface area (Å²) in [4.78, 5) is 25.3. The highest BCUT2D eigenvalue weighted by Crippen LogP contribution is 2.46. The lowest BCUT2D eigenvalue weighted by Crippen LogP contribution is -2.38. The van der Waals surface area contributed by atoms with Gasteiger partial charge in [-0.2, -0.15) is 0 Å². The zero-order valence-corrected chi connectivity index (χ0v) is 13.6. The Morgan fingerprint density at radius 3 is 2.26 bits per heavy atom. The minimum Gasteiger partial charge on any atom is -0.468 e. The molecule has 1 aliphatic rings. The zero-order valence-electron chi connectivity index (χ0n) is 13.6. The number of esters is 1. The van der Waals surface area contributed by atoms with Crippen LogP contribution in [0.1, 0.15) is 45.8 Å². The second kappa shape index (κ2) is 5.99. The molecule has 3 atom stereocenters. The fourth-order valence-electron chi connectivity index (χ4n) is 3.72. The Morgan fingerprint density at radius 2 is 1.61 bits per heavy atom. The number of hydrogen-bond acceptors (Lipinski definition) is 3. The average Bonchev–Trinajstić information content (AvgIpc) is 2.58. The summed E-state index contributed by atoms with van der Waals surface area (Å²) in [5, 5.41) is 0. The van der Waals surface area contributed by atoms with Crippen LogP contribution in [0.4, 0.5) is 0 Å². The number of fused-ring (bicyclic) bond motifs is 1. The summed E-state index contributed by atoms with van der Waals surface area (Å²) in [6.07, 6.45) is 0. The highest BCUT2D eigenvalue weighted by molar-refractivity contribution is 6.11. The van der Waals surface area contributed by atoms with Gasteiger partial charge in [0.25, 0.3) is 0 Å². The van der Waals surface area contributed by atoms with Crippen LogP contribution >= 0.6 is 0 Å². The number of ketones is 1. The zero-order chi connectivity index (χ0) is 16.6. The first kappa shape index (κ1) is 15.5. The Kier molecular flexibility index (Phi) is 4.03. The van der Waals surface area contributed by atoms with Gasteiger partial charge in [-0.25, -0.2) is 0 Å². The fraction of sp³-hybridized carbons (Fsp3) is 0.300. The van der Waals surface area contributed by atoms with Crippen LogP contribution in [0.2, 0.25) is 0 Å². The maximum atomic E-state index is 13.0. The van der Waals surface area contributed by atoms with Crippen molar-refractivity contribution in [3.05, 3.63) is 70.8 Å². The molecule has 0 radical (unpaired) electrons. The lowest BCUT2D eigenvalue weighted by molar-refractivity contribution is -0.144. The van der Waals surface area contributed by atoms with Gasteiger partial charge in [0.15, 0.2) is 5.78 Å². The second-order valence-corrected chi connectivity index (χ2v) is 6.12. The van der Waals surface area contributed by atoms with Gasteiger partial charge in [-0.3, -0.25) is 9.59 Å². The summed E-state index contributed by atoms with van der Waals surface area (Å²) in [5.41, 5.74) is 3.77. The van der Waals surface area contributed by atoms with Crippen molar-refractivity contribution in [1.29, 1.82) is 0 Å². The van der Waals surface area contributed by atoms with E-state index in [1.807, 2.05) is 49.4 Å². The lowest BCUT2D eigenvalue weighted by Gasteiger charge is -2.36. The molecule has 2 aromatic rings. The lowest BCUT2D eigenvalue weighted by atomic mass is 9.65. The number of aryl methyl sites for hydroxylation is 1. The third kappa shape index (κ3) is 2.46. The van der Waals surface area contributed by atoms with Crippen molar-refractivity contribution in [3.63, 3.8) is 0 Å². The first-order valence-corrected chi connectivity index (χ1v) is 7.82. The van der Waals surface area contributed by atoms with Crippen molar-refractivity contribution in [2.45, 2.75) is 25.7 Å². The van der Waals surface area contributed by atoms with Crippen LogP contribution in [0.25, 0.3) is 0 Å². The van der Waals surface area contributed by atoms with Crippen LogP contribution in [0.5, 0.6) is 0 Å². The van der Waals surface area contributed by atoms with Crippen LogP contribution in [0, 0.1) is 12.8 Å². The molecule has 3 heteroatoms. The summed E-state index contributed by atoms with van der Waals surface area (Å²) >= 11 is 0. The van der Waals surface area contributed by atoms with E-state index in [0.29, 0.717) is 5.56 Å². The van der Waals surface area contributed by atoms with E-state index in [1.165, 1.54) is 7.11 Å². The quantitative estimate of drug-likeness (QED) is 0.625. The third-order valence-corrected chi connectivity index (χ3v) is 4.90. The van der Waals surface area contributed by atoms with Crippen molar-refractivity contribution >= 4 is 11.8 Å². The summed E-state index contributed by atoms with van der Waals surface area (Å²) in [7, 11) is 1.34. The van der Waals surface area contributed by atoms with Gasteiger partial charge >= 0.3 is 5.97 Å². The third-order valence-electron chi connectivity index (χ3n) is 4.90. The fourth-order valence-corrected chi connectivity index (χ4v) is 3.72. The number of hydrogen-bond donors (Lipinski definition) is 0. The van der Waals surface area contributed by atoms with Crippen molar-refractivity contribution in [3.8, 4) is 0 Å². The normalized spacial score (nSPS) is 23.3. The van der Waals surface area contributed by atoms with Crippen LogP contribution in [0.15, 0.2) is 48.5 Å². The Hall–Kier alpha value is -2.42. The molecule has 0 aromatic heterocycles. The number of ether oxygens (including phenoxy) is 1. The molecule has 0 fully saturated rings. The molecule has 23 heavy (non-hydrogen) atoms. The molecule has 0 saturated carbocycles. The molecular formula is C20H20O3. The predicted molar refractivity (Wildman–Crippen MR) is 88.6 cm³/mol. The monoisotopic (exact) mass is 308 g/mol. The van der Waals surface area contributed by atoms with Crippen LogP contribution in [0.3, 0.4) is 0 Å². The molecule has 0 heterocycles. The minimum absolute atomic E-state index is 0.0640. The van der Waals surface area contributed by atoms with E-state index in [-0.39, 0.29) is 17.6 Å². The summed E-state index contributed by atoms with van der Waals surface area (Å²) in [6, 6.07) is 15.5. The van der Waals surface area contributed by atoms with Crippen molar-refractivity contribution in [2.75, 3.05) is 7.11 Å². The number of Topliss-reactive ketones (excluding diaryl/α,β-unsaturated/α-hetero) is 1. The molecule has 0 spiro atoms. The topological polar surface area (TPSA) is 43.4 Å². The van der Waals surface area contributed by atoms with Gasteiger partial charge in [-0.05, 0) is 29.5 Å². The SMILES string of the molecule is COC(=O)[C@H]1C(=O)c2ccccc2[C@H](C)[C@@H]1c1ccccc1C. The number of methoxy groups -OCH3 is 1. The smallest absolute Gasteiger partial charge is 0.317 e. The maximum Gasteiger partial charge on any atom is 0.317 e. The molecule has 2 aromatic carbocycles. The molecule has 1 aliphatic carbocycles. The first-order chi connectivity index (χ1) is 11.1. The van der Waals surface area contributed by atoms with Crippen LogP contribution < -0.4 is 0 Å². The van der Waals surface area contributed by atoms with Gasteiger partial charge in [0.05, 0.1) is 7.11 Å². The van der Waals surface area contributed by atoms with E-state index in [1.54, 1.807) is 6.07 Å². The summed E-state index contributed by atoms with van der Waals surface area (Å²) < 4.78 is 4.96.